The predicted molar refractivity (Wildman–Crippen MR) is 63.3 cm³/mol. The van der Waals surface area contributed by atoms with Gasteiger partial charge in [-0.1, -0.05) is 12.1 Å². The number of fused-ring (bicyclic) bond motifs is 3. The van der Waals surface area contributed by atoms with Crippen LogP contribution in [-0.4, -0.2) is 16.7 Å². The Labute approximate surface area is 96.0 Å². The molecule has 0 aliphatic carbocycles. The van der Waals surface area contributed by atoms with Crippen molar-refractivity contribution in [1.82, 2.24) is 10.1 Å². The lowest BCUT2D eigenvalue weighted by atomic mass is 10.1. The van der Waals surface area contributed by atoms with E-state index in [0.717, 1.165) is 10.9 Å². The molecule has 86 valence electrons. The van der Waals surface area contributed by atoms with Gasteiger partial charge in [0.25, 0.3) is 0 Å². The number of H-pyrrole nitrogens is 1. The Hall–Kier alpha value is -2.30. The molecule has 0 fully saturated rings. The molecule has 2 aromatic heterocycles. The van der Waals surface area contributed by atoms with E-state index in [0.29, 0.717) is 23.3 Å². The summed E-state index contributed by atoms with van der Waals surface area (Å²) in [6.45, 7) is 2.48. The molecule has 0 radical (unpaired) electrons. The number of aromatic amines is 1. The van der Waals surface area contributed by atoms with Gasteiger partial charge in [0.2, 0.25) is 0 Å². The van der Waals surface area contributed by atoms with Crippen molar-refractivity contribution in [1.29, 1.82) is 0 Å². The van der Waals surface area contributed by atoms with Crippen LogP contribution in [0.25, 0.3) is 21.8 Å². The predicted octanol–water partition coefficient (Wildman–Crippen LogP) is 2.07. The third-order valence-electron chi connectivity index (χ3n) is 2.63. The van der Waals surface area contributed by atoms with Crippen LogP contribution in [0, 0.1) is 0 Å². The molecule has 3 rings (SSSR count). The van der Waals surface area contributed by atoms with E-state index >= 15 is 0 Å². The minimum atomic E-state index is -0.406. The summed E-state index contributed by atoms with van der Waals surface area (Å²) in [6, 6.07) is 5.58. The Bertz CT molecular complexity index is 742. The molecule has 0 aliphatic heterocycles. The van der Waals surface area contributed by atoms with Crippen LogP contribution in [0.3, 0.4) is 0 Å². The van der Waals surface area contributed by atoms with E-state index in [1.807, 2.05) is 25.1 Å². The fourth-order valence-corrected chi connectivity index (χ4v) is 1.89. The standard InChI is InChI=1S/C12H10N2O3/c1-2-16-9-5-3-4-7-10-8(6-13-11(7)9)12(15)17-14-10/h3-6,14H,2H2,1H3. The molecule has 0 saturated carbocycles. The Morgan fingerprint density at radius 1 is 1.41 bits per heavy atom. The van der Waals surface area contributed by atoms with Gasteiger partial charge in [-0.15, -0.1) is 0 Å². The van der Waals surface area contributed by atoms with Gasteiger partial charge >= 0.3 is 5.63 Å². The van der Waals surface area contributed by atoms with Crippen molar-refractivity contribution in [2.24, 2.45) is 0 Å². The lowest BCUT2D eigenvalue weighted by Gasteiger charge is -2.05. The maximum Gasteiger partial charge on any atom is 0.366 e. The minimum absolute atomic E-state index is 0.406. The Balaban J connectivity index is 2.44. The lowest BCUT2D eigenvalue weighted by Crippen LogP contribution is -1.95. The molecule has 5 nitrogen and oxygen atoms in total. The van der Waals surface area contributed by atoms with Gasteiger partial charge in [-0.2, -0.15) is 0 Å². The third-order valence-corrected chi connectivity index (χ3v) is 2.63. The molecule has 0 aliphatic rings. The summed E-state index contributed by atoms with van der Waals surface area (Å²) in [4.78, 5) is 15.6. The van der Waals surface area contributed by atoms with Crippen molar-refractivity contribution in [3.05, 3.63) is 34.8 Å². The number of pyridine rings is 1. The first-order chi connectivity index (χ1) is 8.31. The highest BCUT2D eigenvalue weighted by Crippen LogP contribution is 2.27. The summed E-state index contributed by atoms with van der Waals surface area (Å²) >= 11 is 0. The first-order valence-electron chi connectivity index (χ1n) is 5.33. The molecule has 1 aromatic carbocycles. The molecule has 0 spiro atoms. The number of ether oxygens (including phenoxy) is 1. The zero-order valence-corrected chi connectivity index (χ0v) is 9.19. The van der Waals surface area contributed by atoms with E-state index in [1.54, 1.807) is 0 Å². The summed E-state index contributed by atoms with van der Waals surface area (Å²) in [5.41, 5.74) is 0.969. The third kappa shape index (κ3) is 1.39. The van der Waals surface area contributed by atoms with Crippen LogP contribution < -0.4 is 10.4 Å². The number of para-hydroxylation sites is 1. The van der Waals surface area contributed by atoms with Gasteiger partial charge in [0.05, 0.1) is 12.1 Å². The number of aromatic nitrogens is 2. The molecule has 0 amide bonds. The van der Waals surface area contributed by atoms with E-state index in [2.05, 4.69) is 10.1 Å². The quantitative estimate of drug-likeness (QED) is 0.731. The van der Waals surface area contributed by atoms with Crippen molar-refractivity contribution in [2.75, 3.05) is 6.61 Å². The van der Waals surface area contributed by atoms with Gasteiger partial charge in [0.1, 0.15) is 16.7 Å². The summed E-state index contributed by atoms with van der Waals surface area (Å²) in [5.74, 6) is 0.703. The monoisotopic (exact) mass is 230 g/mol. The molecule has 0 atom stereocenters. The Morgan fingerprint density at radius 2 is 2.29 bits per heavy atom. The van der Waals surface area contributed by atoms with Crippen LogP contribution in [0.4, 0.5) is 0 Å². The molecule has 0 unspecified atom stereocenters. The molecule has 1 N–H and O–H groups in total. The summed E-state index contributed by atoms with van der Waals surface area (Å²) in [5, 5.41) is 3.89. The number of nitrogens with one attached hydrogen (secondary N) is 1. The van der Waals surface area contributed by atoms with Crippen molar-refractivity contribution in [3.63, 3.8) is 0 Å². The SMILES string of the molecule is CCOc1cccc2c1ncc1c(=O)o[nH]c12. The number of rotatable bonds is 2. The van der Waals surface area contributed by atoms with Crippen molar-refractivity contribution in [3.8, 4) is 5.75 Å². The molecular formula is C12H10N2O3. The first-order valence-corrected chi connectivity index (χ1v) is 5.33. The van der Waals surface area contributed by atoms with E-state index in [9.17, 15) is 4.79 Å². The summed E-state index contributed by atoms with van der Waals surface area (Å²) < 4.78 is 10.3. The molecule has 0 saturated heterocycles. The second-order valence-electron chi connectivity index (χ2n) is 3.62. The van der Waals surface area contributed by atoms with Crippen molar-refractivity contribution < 1.29 is 9.26 Å². The maximum atomic E-state index is 11.4. The van der Waals surface area contributed by atoms with Gasteiger partial charge < -0.3 is 9.26 Å². The van der Waals surface area contributed by atoms with Crippen LogP contribution in [0.1, 0.15) is 6.92 Å². The topological polar surface area (TPSA) is 68.1 Å². The molecular weight excluding hydrogens is 220 g/mol. The normalized spacial score (nSPS) is 11.1. The Kier molecular flexibility index (Phi) is 2.11. The fraction of sp³-hybridized carbons (Fsp3) is 0.167. The molecule has 3 aromatic rings. The van der Waals surface area contributed by atoms with Crippen LogP contribution in [0.5, 0.6) is 5.75 Å². The summed E-state index contributed by atoms with van der Waals surface area (Å²) in [6.07, 6.45) is 1.50. The lowest BCUT2D eigenvalue weighted by molar-refractivity contribution is 0.343. The molecule has 5 heteroatoms. The summed E-state index contributed by atoms with van der Waals surface area (Å²) in [7, 11) is 0. The van der Waals surface area contributed by atoms with E-state index < -0.39 is 5.63 Å². The molecule has 0 bridgehead atoms. The Morgan fingerprint density at radius 3 is 3.12 bits per heavy atom. The number of hydrogen-bond acceptors (Lipinski definition) is 4. The largest absolute Gasteiger partial charge is 0.492 e. The van der Waals surface area contributed by atoms with E-state index in [4.69, 9.17) is 9.26 Å². The van der Waals surface area contributed by atoms with Crippen LogP contribution >= 0.6 is 0 Å². The number of benzene rings is 1. The van der Waals surface area contributed by atoms with Crippen LogP contribution in [0.2, 0.25) is 0 Å². The van der Waals surface area contributed by atoms with Crippen LogP contribution in [0.15, 0.2) is 33.7 Å². The zero-order chi connectivity index (χ0) is 11.8. The highest BCUT2D eigenvalue weighted by atomic mass is 16.5. The molecule has 17 heavy (non-hydrogen) atoms. The second-order valence-corrected chi connectivity index (χ2v) is 3.62. The van der Waals surface area contributed by atoms with Gasteiger partial charge in [-0.3, -0.25) is 4.98 Å². The van der Waals surface area contributed by atoms with E-state index in [-0.39, 0.29) is 0 Å². The van der Waals surface area contributed by atoms with Gasteiger partial charge in [0.15, 0.2) is 0 Å². The maximum absolute atomic E-state index is 11.4. The smallest absolute Gasteiger partial charge is 0.366 e. The fourth-order valence-electron chi connectivity index (χ4n) is 1.89. The zero-order valence-electron chi connectivity index (χ0n) is 9.19. The van der Waals surface area contributed by atoms with Crippen LogP contribution in [-0.2, 0) is 0 Å². The first kappa shape index (κ1) is 9.89. The van der Waals surface area contributed by atoms with Gasteiger partial charge in [-0.25, -0.2) is 9.95 Å². The minimum Gasteiger partial charge on any atom is -0.492 e. The van der Waals surface area contributed by atoms with Gasteiger partial charge in [-0.05, 0) is 13.0 Å². The average Bonchev–Trinajstić information content (AvgIpc) is 2.72. The highest BCUT2D eigenvalue weighted by Gasteiger charge is 2.10. The van der Waals surface area contributed by atoms with Crippen molar-refractivity contribution in [2.45, 2.75) is 6.92 Å². The molecule has 2 heterocycles. The van der Waals surface area contributed by atoms with Gasteiger partial charge in [0, 0.05) is 11.6 Å². The van der Waals surface area contributed by atoms with E-state index in [1.165, 1.54) is 6.20 Å². The van der Waals surface area contributed by atoms with Crippen molar-refractivity contribution >= 4 is 21.8 Å². The number of hydrogen-bond donors (Lipinski definition) is 1. The highest BCUT2D eigenvalue weighted by molar-refractivity contribution is 6.04. The second kappa shape index (κ2) is 3.62. The average molecular weight is 230 g/mol. The number of nitrogens with zero attached hydrogens (tertiary/aromatic N) is 1.